The first-order valence-electron chi connectivity index (χ1n) is 16.4. The molecular formula is C30H44F18S2. The lowest BCUT2D eigenvalue weighted by atomic mass is 9.97. The zero-order valence-electron chi connectivity index (χ0n) is 27.2. The Labute approximate surface area is 288 Å². The third kappa shape index (κ3) is 15.1. The topological polar surface area (TPSA) is 0 Å². The summed E-state index contributed by atoms with van der Waals surface area (Å²) in [5.41, 5.74) is 0. The smallest absolute Gasteiger partial charge is 0.200 e. The molecule has 0 N–H and O–H groups in total. The molecular weight excluding hydrogens is 766 g/mol. The molecule has 0 saturated carbocycles. The van der Waals surface area contributed by atoms with E-state index in [2.05, 4.69) is 0 Å². The Bertz CT molecular complexity index is 831. The molecule has 0 fully saturated rings. The van der Waals surface area contributed by atoms with Gasteiger partial charge in [-0.25, -0.2) is 0 Å². The molecule has 20 heteroatoms. The third-order valence-corrected chi connectivity index (χ3v) is 10.5. The quantitative estimate of drug-likeness (QED) is 0.0419. The molecule has 0 aromatic rings. The van der Waals surface area contributed by atoms with Gasteiger partial charge in [0.2, 0.25) is 0 Å². The molecule has 0 radical (unpaired) electrons. The summed E-state index contributed by atoms with van der Waals surface area (Å²) < 4.78 is 231. The van der Waals surface area contributed by atoms with Crippen LogP contribution in [0, 0.1) is 0 Å². The van der Waals surface area contributed by atoms with Gasteiger partial charge in [0.25, 0.3) is 0 Å². The molecule has 0 bridgehead atoms. The number of halogens is 18. The molecule has 50 heavy (non-hydrogen) atoms. The number of hydrogen-bond acceptors (Lipinski definition) is 2. The van der Waals surface area contributed by atoms with Crippen LogP contribution in [-0.4, -0.2) is 59.4 Å². The van der Waals surface area contributed by atoms with Crippen LogP contribution >= 0.6 is 21.6 Å². The van der Waals surface area contributed by atoms with Crippen molar-refractivity contribution < 1.29 is 79.0 Å². The van der Waals surface area contributed by atoms with Crippen LogP contribution in [0.15, 0.2) is 0 Å². The first kappa shape index (κ1) is 49.4. The maximum atomic E-state index is 13.5. The highest BCUT2D eigenvalue weighted by molar-refractivity contribution is 8.76. The molecule has 302 valence electrons. The summed E-state index contributed by atoms with van der Waals surface area (Å²) in [5.74, 6) is -36.0. The van der Waals surface area contributed by atoms with Crippen molar-refractivity contribution in [2.24, 2.45) is 0 Å². The molecule has 0 aliphatic heterocycles. The lowest BCUT2D eigenvalue weighted by Gasteiger charge is -2.33. The van der Waals surface area contributed by atoms with Gasteiger partial charge >= 0.3 is 47.9 Å². The molecule has 0 saturated heterocycles. The zero-order chi connectivity index (χ0) is 39.0. The van der Waals surface area contributed by atoms with E-state index in [1.165, 1.54) is 0 Å². The number of unbranched alkanes of at least 4 members (excludes halogenated alkanes) is 16. The van der Waals surface area contributed by atoms with E-state index < -0.39 is 73.6 Å². The Kier molecular flexibility index (Phi) is 21.1. The molecule has 0 atom stereocenters. The van der Waals surface area contributed by atoms with Gasteiger partial charge in [-0.2, -0.15) is 79.0 Å². The maximum absolute atomic E-state index is 13.5. The van der Waals surface area contributed by atoms with Gasteiger partial charge in [0.05, 0.1) is 0 Å². The summed E-state index contributed by atoms with van der Waals surface area (Å²) in [5, 5.41) is 0. The zero-order valence-corrected chi connectivity index (χ0v) is 28.8. The van der Waals surface area contributed by atoms with Gasteiger partial charge in [-0.3, -0.25) is 0 Å². The fraction of sp³-hybridized carbons (Fsp3) is 1.00. The third-order valence-electron chi connectivity index (χ3n) is 7.94. The molecule has 0 nitrogen and oxygen atoms in total. The Morgan fingerprint density at radius 3 is 0.660 bits per heavy atom. The van der Waals surface area contributed by atoms with E-state index in [9.17, 15) is 79.0 Å². The molecule has 0 aliphatic carbocycles. The second-order valence-electron chi connectivity index (χ2n) is 12.2. The van der Waals surface area contributed by atoms with Gasteiger partial charge in [0.1, 0.15) is 0 Å². The minimum absolute atomic E-state index is 0.00719. The van der Waals surface area contributed by atoms with E-state index in [1.54, 1.807) is 21.6 Å². The van der Waals surface area contributed by atoms with Crippen LogP contribution in [0.4, 0.5) is 79.0 Å². The number of alkyl halides is 18. The van der Waals surface area contributed by atoms with Crippen LogP contribution < -0.4 is 0 Å². The second kappa shape index (κ2) is 21.4. The highest BCUT2D eigenvalue weighted by atomic mass is 33.1. The Hall–Kier alpha value is -0.560. The molecule has 0 aromatic heterocycles. The maximum Gasteiger partial charge on any atom is 0.460 e. The normalized spacial score (nSPS) is 14.5. The van der Waals surface area contributed by atoms with Gasteiger partial charge < -0.3 is 0 Å². The van der Waals surface area contributed by atoms with E-state index in [0.717, 1.165) is 75.7 Å². The lowest BCUT2D eigenvalue weighted by molar-refractivity contribution is -0.396. The highest BCUT2D eigenvalue weighted by Crippen LogP contribution is 2.55. The van der Waals surface area contributed by atoms with Crippen molar-refractivity contribution in [1.29, 1.82) is 0 Å². The lowest BCUT2D eigenvalue weighted by Crippen LogP contribution is -2.60. The van der Waals surface area contributed by atoms with E-state index in [4.69, 9.17) is 0 Å². The van der Waals surface area contributed by atoms with Crippen molar-refractivity contribution >= 4 is 21.6 Å². The standard InChI is InChI=1S/C30H44F18S2/c31-23(32,25(35,36)27(39,40)29(43,44)45)19-15-11-7-3-1-5-9-13-17-21-49-50-22-18-14-10-6-2-4-8-12-16-20-24(33,34)26(37,38)28(41,42)30(46,47)48/h1-22H2. The van der Waals surface area contributed by atoms with Gasteiger partial charge in [0, 0.05) is 24.3 Å². The van der Waals surface area contributed by atoms with E-state index in [1.807, 2.05) is 0 Å². The highest BCUT2D eigenvalue weighted by Gasteiger charge is 2.82. The Morgan fingerprint density at radius 1 is 0.240 bits per heavy atom. The average molecular weight is 811 g/mol. The predicted octanol–water partition coefficient (Wildman–Crippen LogP) is 15.1. The predicted molar refractivity (Wildman–Crippen MR) is 159 cm³/mol. The summed E-state index contributed by atoms with van der Waals surface area (Å²) in [6.45, 7) is 0. The molecule has 0 heterocycles. The van der Waals surface area contributed by atoms with Gasteiger partial charge in [-0.15, -0.1) is 0 Å². The first-order chi connectivity index (χ1) is 22.7. The van der Waals surface area contributed by atoms with Crippen LogP contribution in [0.2, 0.25) is 0 Å². The first-order valence-corrected chi connectivity index (χ1v) is 18.8. The van der Waals surface area contributed by atoms with Crippen molar-refractivity contribution in [3.05, 3.63) is 0 Å². The second-order valence-corrected chi connectivity index (χ2v) is 14.9. The van der Waals surface area contributed by atoms with Gasteiger partial charge in [0.15, 0.2) is 0 Å². The summed E-state index contributed by atoms with van der Waals surface area (Å²) in [7, 11) is 3.43. The molecule has 0 aliphatic rings. The fourth-order valence-corrected chi connectivity index (χ4v) is 7.03. The molecule has 0 rings (SSSR count). The summed E-state index contributed by atoms with van der Waals surface area (Å²) in [4.78, 5) is 0. The van der Waals surface area contributed by atoms with E-state index >= 15 is 0 Å². The van der Waals surface area contributed by atoms with Crippen LogP contribution in [0.3, 0.4) is 0 Å². The van der Waals surface area contributed by atoms with Crippen LogP contribution in [0.1, 0.15) is 128 Å². The van der Waals surface area contributed by atoms with Crippen molar-refractivity contribution in [2.45, 2.75) is 176 Å². The largest absolute Gasteiger partial charge is 0.460 e. The van der Waals surface area contributed by atoms with Crippen LogP contribution in [-0.2, 0) is 0 Å². The molecule has 0 aromatic carbocycles. The summed E-state index contributed by atoms with van der Waals surface area (Å²) in [6.07, 6.45) is -7.77. The Balaban J connectivity index is 3.68. The average Bonchev–Trinajstić information content (AvgIpc) is 2.97. The monoisotopic (exact) mass is 810 g/mol. The van der Waals surface area contributed by atoms with Crippen molar-refractivity contribution in [3.63, 3.8) is 0 Å². The molecule has 0 spiro atoms. The SMILES string of the molecule is FC(F)(F)C(F)(F)C(F)(F)C(F)(F)CCCCCCCCCCCSSCCCCCCCCCCCC(F)(F)C(F)(F)C(F)(F)C(F)(F)F. The minimum Gasteiger partial charge on any atom is -0.200 e. The number of rotatable bonds is 29. The fourth-order valence-electron chi connectivity index (χ4n) is 4.74. The molecule has 0 unspecified atom stereocenters. The Morgan fingerprint density at radius 2 is 0.440 bits per heavy atom. The van der Waals surface area contributed by atoms with Crippen molar-refractivity contribution in [2.75, 3.05) is 11.5 Å². The van der Waals surface area contributed by atoms with E-state index in [-0.39, 0.29) is 12.8 Å². The van der Waals surface area contributed by atoms with Crippen molar-refractivity contribution in [3.8, 4) is 0 Å². The van der Waals surface area contributed by atoms with Gasteiger partial charge in [-0.05, 0) is 25.7 Å². The van der Waals surface area contributed by atoms with E-state index in [0.29, 0.717) is 25.7 Å². The van der Waals surface area contributed by atoms with Crippen molar-refractivity contribution in [1.82, 2.24) is 0 Å². The summed E-state index contributed by atoms with van der Waals surface area (Å²) >= 11 is 0. The summed E-state index contributed by atoms with van der Waals surface area (Å²) in [6, 6.07) is 0. The van der Waals surface area contributed by atoms with Crippen LogP contribution in [0.5, 0.6) is 0 Å². The minimum atomic E-state index is -6.85. The van der Waals surface area contributed by atoms with Crippen LogP contribution in [0.25, 0.3) is 0 Å². The van der Waals surface area contributed by atoms with Gasteiger partial charge in [-0.1, -0.05) is 111 Å². The molecule has 0 amide bonds. The number of hydrogen-bond donors (Lipinski definition) is 0.